The Morgan fingerprint density at radius 1 is 1.19 bits per heavy atom. The molecule has 10 heteroatoms. The number of carbonyl (C=O) groups excluding carboxylic acids is 1. The highest BCUT2D eigenvalue weighted by Gasteiger charge is 2.29. The van der Waals surface area contributed by atoms with Crippen LogP contribution in [-0.2, 0) is 4.74 Å². The van der Waals surface area contributed by atoms with Crippen LogP contribution in [0, 0.1) is 17.6 Å². The van der Waals surface area contributed by atoms with Gasteiger partial charge in [-0.3, -0.25) is 4.99 Å². The topological polar surface area (TPSA) is 69.2 Å². The zero-order chi connectivity index (χ0) is 22.6. The molecule has 0 aromatic heterocycles. The van der Waals surface area contributed by atoms with Gasteiger partial charge in [-0.25, -0.2) is 13.6 Å². The molecule has 0 radical (unpaired) electrons. The lowest BCUT2D eigenvalue weighted by Crippen LogP contribution is -2.45. The van der Waals surface area contributed by atoms with Crippen molar-refractivity contribution in [1.29, 1.82) is 0 Å². The summed E-state index contributed by atoms with van der Waals surface area (Å²) in [6.07, 6.45) is 1.39. The minimum atomic E-state index is -0.824. The Morgan fingerprint density at radius 3 is 2.59 bits per heavy atom. The summed E-state index contributed by atoms with van der Waals surface area (Å²) in [7, 11) is 1.75. The third-order valence-corrected chi connectivity index (χ3v) is 5.52. The molecular weight excluding hydrogens is 531 g/mol. The summed E-state index contributed by atoms with van der Waals surface area (Å²) >= 11 is 0. The predicted octanol–water partition coefficient (Wildman–Crippen LogP) is 3.58. The zero-order valence-corrected chi connectivity index (χ0v) is 21.5. The number of aliphatic imine (C=N–C) groups is 1. The lowest BCUT2D eigenvalue weighted by molar-refractivity contribution is 0.0507. The fourth-order valence-corrected chi connectivity index (χ4v) is 4.03. The van der Waals surface area contributed by atoms with Gasteiger partial charge in [0.1, 0.15) is 5.60 Å². The summed E-state index contributed by atoms with van der Waals surface area (Å²) in [5, 5.41) is 6.35. The molecule has 2 aliphatic heterocycles. The van der Waals surface area contributed by atoms with Crippen molar-refractivity contribution in [3.05, 3.63) is 29.8 Å². The fourth-order valence-electron chi connectivity index (χ4n) is 4.03. The number of guanidine groups is 1. The summed E-state index contributed by atoms with van der Waals surface area (Å²) < 4.78 is 32.0. The lowest BCUT2D eigenvalue weighted by atomic mass is 10.1. The average Bonchev–Trinajstić information content (AvgIpc) is 3.33. The Kier molecular flexibility index (Phi) is 9.35. The van der Waals surface area contributed by atoms with E-state index in [0.29, 0.717) is 18.2 Å². The van der Waals surface area contributed by atoms with Gasteiger partial charge in [0.05, 0.1) is 6.04 Å². The van der Waals surface area contributed by atoms with E-state index in [2.05, 4.69) is 25.4 Å². The minimum Gasteiger partial charge on any atom is -0.444 e. The van der Waals surface area contributed by atoms with Crippen molar-refractivity contribution >= 4 is 41.7 Å². The summed E-state index contributed by atoms with van der Waals surface area (Å²) in [4.78, 5) is 20.6. The number of rotatable bonds is 4. The van der Waals surface area contributed by atoms with E-state index in [1.165, 1.54) is 12.1 Å². The molecule has 1 amide bonds. The average molecular weight is 565 g/mol. The zero-order valence-electron chi connectivity index (χ0n) is 19.2. The number of hydrogen-bond donors (Lipinski definition) is 2. The van der Waals surface area contributed by atoms with Crippen LogP contribution < -0.4 is 15.5 Å². The number of anilines is 1. The second kappa shape index (κ2) is 11.3. The number of nitrogens with one attached hydrogen (secondary N) is 2. The molecule has 32 heavy (non-hydrogen) atoms. The van der Waals surface area contributed by atoms with Gasteiger partial charge in [-0.1, -0.05) is 0 Å². The van der Waals surface area contributed by atoms with Crippen LogP contribution in [0.15, 0.2) is 23.2 Å². The van der Waals surface area contributed by atoms with Crippen LogP contribution in [0.2, 0.25) is 0 Å². The lowest BCUT2D eigenvalue weighted by Gasteiger charge is -2.24. The van der Waals surface area contributed by atoms with E-state index in [9.17, 15) is 13.6 Å². The quantitative estimate of drug-likeness (QED) is 0.332. The Hall–Kier alpha value is -1.85. The van der Waals surface area contributed by atoms with Crippen molar-refractivity contribution in [2.45, 2.75) is 45.3 Å². The number of likely N-dealkylation sites (tertiary alicyclic amines) is 1. The Morgan fingerprint density at radius 2 is 1.94 bits per heavy atom. The van der Waals surface area contributed by atoms with Crippen LogP contribution in [0.4, 0.5) is 19.3 Å². The maximum atomic E-state index is 13.5. The molecule has 0 saturated carbocycles. The molecule has 0 spiro atoms. The fraction of sp³-hybridized carbons (Fsp3) is 0.636. The van der Waals surface area contributed by atoms with E-state index >= 15 is 0 Å². The molecule has 1 aromatic carbocycles. The van der Waals surface area contributed by atoms with Gasteiger partial charge in [0, 0.05) is 51.5 Å². The molecule has 2 heterocycles. The molecule has 2 fully saturated rings. The number of benzene rings is 1. The van der Waals surface area contributed by atoms with Crippen LogP contribution in [0.1, 0.15) is 33.6 Å². The minimum absolute atomic E-state index is 0. The number of amides is 1. The third kappa shape index (κ3) is 7.35. The number of ether oxygens (including phenoxy) is 1. The maximum absolute atomic E-state index is 13.5. The summed E-state index contributed by atoms with van der Waals surface area (Å²) in [5.74, 6) is -0.457. The highest BCUT2D eigenvalue weighted by atomic mass is 127. The molecule has 0 aliphatic carbocycles. The van der Waals surface area contributed by atoms with E-state index in [1.54, 1.807) is 13.1 Å². The van der Waals surface area contributed by atoms with Gasteiger partial charge in [0.15, 0.2) is 17.6 Å². The normalized spacial score (nSPS) is 21.4. The largest absolute Gasteiger partial charge is 0.444 e. The standard InChI is InChI=1S/C22H33F2N5O2.HI/c1-22(2,3)31-21(30)27-16-8-10-29(14-16)20(25-4)26-12-15-7-9-28(13-15)17-5-6-18(23)19(24)11-17;/h5-6,11,15-16H,7-10,12-14H2,1-4H3,(H,25,26)(H,27,30);1H. The summed E-state index contributed by atoms with van der Waals surface area (Å²) in [6, 6.07) is 4.07. The van der Waals surface area contributed by atoms with E-state index in [-0.39, 0.29) is 30.0 Å². The number of alkyl carbamates (subject to hydrolysis) is 1. The van der Waals surface area contributed by atoms with Gasteiger partial charge in [-0.05, 0) is 51.7 Å². The van der Waals surface area contributed by atoms with Gasteiger partial charge in [-0.2, -0.15) is 0 Å². The molecule has 3 rings (SSSR count). The predicted molar refractivity (Wildman–Crippen MR) is 133 cm³/mol. The van der Waals surface area contributed by atoms with Crippen molar-refractivity contribution in [2.24, 2.45) is 10.9 Å². The summed E-state index contributed by atoms with van der Waals surface area (Å²) in [6.45, 7) is 9.32. The Bertz CT molecular complexity index is 818. The van der Waals surface area contributed by atoms with Gasteiger partial charge < -0.3 is 25.2 Å². The second-order valence-corrected chi connectivity index (χ2v) is 9.21. The molecule has 2 N–H and O–H groups in total. The van der Waals surface area contributed by atoms with Gasteiger partial charge in [0.2, 0.25) is 0 Å². The second-order valence-electron chi connectivity index (χ2n) is 9.21. The number of nitrogens with zero attached hydrogens (tertiary/aromatic N) is 3. The maximum Gasteiger partial charge on any atom is 0.407 e. The first-order chi connectivity index (χ1) is 14.6. The van der Waals surface area contributed by atoms with Crippen LogP contribution in [0.25, 0.3) is 0 Å². The first-order valence-electron chi connectivity index (χ1n) is 10.8. The van der Waals surface area contributed by atoms with Gasteiger partial charge in [-0.15, -0.1) is 24.0 Å². The van der Waals surface area contributed by atoms with Crippen molar-refractivity contribution < 1.29 is 18.3 Å². The van der Waals surface area contributed by atoms with Crippen molar-refractivity contribution in [3.63, 3.8) is 0 Å². The molecule has 1 aromatic rings. The molecule has 0 bridgehead atoms. The number of halogens is 3. The highest BCUT2D eigenvalue weighted by molar-refractivity contribution is 14.0. The molecular formula is C22H34F2IN5O2. The highest BCUT2D eigenvalue weighted by Crippen LogP contribution is 2.25. The monoisotopic (exact) mass is 565 g/mol. The van der Waals surface area contributed by atoms with Crippen molar-refractivity contribution in [2.75, 3.05) is 44.7 Å². The van der Waals surface area contributed by atoms with Crippen molar-refractivity contribution in [1.82, 2.24) is 15.5 Å². The van der Waals surface area contributed by atoms with Crippen LogP contribution in [-0.4, -0.2) is 68.4 Å². The first kappa shape index (κ1) is 26.4. The van der Waals surface area contributed by atoms with Gasteiger partial charge in [0.25, 0.3) is 0 Å². The number of carbonyl (C=O) groups is 1. The Labute approximate surface area is 206 Å². The molecule has 180 valence electrons. The third-order valence-electron chi connectivity index (χ3n) is 5.52. The smallest absolute Gasteiger partial charge is 0.407 e. The summed E-state index contributed by atoms with van der Waals surface area (Å²) in [5.41, 5.74) is 0.191. The molecule has 7 nitrogen and oxygen atoms in total. The van der Waals surface area contributed by atoms with E-state index in [4.69, 9.17) is 4.74 Å². The van der Waals surface area contributed by atoms with Crippen molar-refractivity contribution in [3.8, 4) is 0 Å². The van der Waals surface area contributed by atoms with E-state index in [1.807, 2.05) is 20.8 Å². The molecule has 2 atom stereocenters. The van der Waals surface area contributed by atoms with Gasteiger partial charge >= 0.3 is 6.09 Å². The van der Waals surface area contributed by atoms with E-state index in [0.717, 1.165) is 45.0 Å². The first-order valence-corrected chi connectivity index (χ1v) is 10.8. The van der Waals surface area contributed by atoms with Crippen LogP contribution >= 0.6 is 24.0 Å². The molecule has 2 unspecified atom stereocenters. The molecule has 2 aliphatic rings. The van der Waals surface area contributed by atoms with E-state index < -0.39 is 23.3 Å². The van der Waals surface area contributed by atoms with Crippen LogP contribution in [0.3, 0.4) is 0 Å². The Balaban J connectivity index is 0.00000363. The molecule has 2 saturated heterocycles. The SMILES string of the molecule is CN=C(NCC1CCN(c2ccc(F)c(F)c2)C1)N1CCC(NC(=O)OC(C)(C)C)C1.I. The number of hydrogen-bond acceptors (Lipinski definition) is 4. The van der Waals surface area contributed by atoms with Crippen LogP contribution in [0.5, 0.6) is 0 Å².